The van der Waals surface area contributed by atoms with E-state index in [2.05, 4.69) is 19.2 Å². The van der Waals surface area contributed by atoms with Gasteiger partial charge in [0.15, 0.2) is 0 Å². The summed E-state index contributed by atoms with van der Waals surface area (Å²) in [6.45, 7) is 6.50. The van der Waals surface area contributed by atoms with Crippen LogP contribution in [0.25, 0.3) is 0 Å². The van der Waals surface area contributed by atoms with Crippen LogP contribution in [0.3, 0.4) is 0 Å². The smallest absolute Gasteiger partial charge is 0.395 e. The summed E-state index contributed by atoms with van der Waals surface area (Å²) in [5.41, 5.74) is 0. The van der Waals surface area contributed by atoms with Crippen molar-refractivity contribution >= 4 is 0 Å². The first kappa shape index (κ1) is 18.7. The van der Waals surface area contributed by atoms with Gasteiger partial charge < -0.3 is 10.4 Å². The second-order valence-corrected chi connectivity index (χ2v) is 6.46. The fourth-order valence-electron chi connectivity index (χ4n) is 3.64. The van der Waals surface area contributed by atoms with E-state index in [0.717, 1.165) is 19.4 Å². The molecular weight excluding hydrogens is 281 g/mol. The molecule has 0 aromatic carbocycles. The zero-order chi connectivity index (χ0) is 16.0. The lowest BCUT2D eigenvalue weighted by Gasteiger charge is -2.42. The highest BCUT2D eigenvalue weighted by molar-refractivity contribution is 4.89. The summed E-state index contributed by atoms with van der Waals surface area (Å²) in [6, 6.07) is 0.267. The molecule has 0 heterocycles. The van der Waals surface area contributed by atoms with Crippen LogP contribution >= 0.6 is 0 Å². The molecular formula is C15H29F3N2O. The van der Waals surface area contributed by atoms with Crippen LogP contribution in [0.1, 0.15) is 33.6 Å². The van der Waals surface area contributed by atoms with Crippen LogP contribution in [0, 0.1) is 17.8 Å². The normalized spacial score (nSPS) is 30.9. The molecule has 0 aliphatic heterocycles. The van der Waals surface area contributed by atoms with Gasteiger partial charge in [-0.05, 0) is 37.1 Å². The Kier molecular flexibility index (Phi) is 7.44. The molecule has 1 rings (SSSR count). The summed E-state index contributed by atoms with van der Waals surface area (Å²) in [5, 5.41) is 12.5. The number of alkyl halides is 3. The first-order chi connectivity index (χ1) is 9.76. The van der Waals surface area contributed by atoms with Crippen LogP contribution in [0.15, 0.2) is 0 Å². The van der Waals surface area contributed by atoms with Crippen LogP contribution in [-0.2, 0) is 0 Å². The Bertz CT molecular complexity index is 299. The summed E-state index contributed by atoms with van der Waals surface area (Å²) >= 11 is 0. The monoisotopic (exact) mass is 310 g/mol. The molecule has 1 aliphatic carbocycles. The van der Waals surface area contributed by atoms with Crippen molar-refractivity contribution in [3.05, 3.63) is 0 Å². The highest BCUT2D eigenvalue weighted by atomic mass is 19.4. The van der Waals surface area contributed by atoms with Gasteiger partial charge in [0, 0.05) is 19.1 Å². The highest BCUT2D eigenvalue weighted by Gasteiger charge is 2.37. The number of halogens is 3. The first-order valence-electron chi connectivity index (χ1n) is 7.90. The van der Waals surface area contributed by atoms with Gasteiger partial charge in [0.2, 0.25) is 0 Å². The second kappa shape index (κ2) is 8.34. The summed E-state index contributed by atoms with van der Waals surface area (Å²) in [4.78, 5) is 1.35. The zero-order valence-corrected chi connectivity index (χ0v) is 13.3. The Morgan fingerprint density at radius 2 is 1.90 bits per heavy atom. The Balaban J connectivity index is 2.72. The van der Waals surface area contributed by atoms with Crippen molar-refractivity contribution in [1.82, 2.24) is 10.2 Å². The molecule has 21 heavy (non-hydrogen) atoms. The van der Waals surface area contributed by atoms with Crippen LogP contribution in [0.2, 0.25) is 0 Å². The maximum Gasteiger partial charge on any atom is 0.401 e. The largest absolute Gasteiger partial charge is 0.401 e. The molecule has 0 aromatic rings. The van der Waals surface area contributed by atoms with E-state index < -0.39 is 12.7 Å². The average Bonchev–Trinajstić information content (AvgIpc) is 2.32. The number of hydrogen-bond acceptors (Lipinski definition) is 3. The predicted octanol–water partition coefficient (Wildman–Crippen LogP) is 2.50. The molecule has 0 amide bonds. The average molecular weight is 310 g/mol. The van der Waals surface area contributed by atoms with E-state index in [-0.39, 0.29) is 25.1 Å². The minimum absolute atomic E-state index is 0.0805. The van der Waals surface area contributed by atoms with E-state index in [0.29, 0.717) is 18.4 Å². The number of aliphatic hydroxyl groups is 1. The molecule has 6 heteroatoms. The van der Waals surface area contributed by atoms with Gasteiger partial charge in [-0.15, -0.1) is 0 Å². The van der Waals surface area contributed by atoms with Gasteiger partial charge in [-0.3, -0.25) is 4.90 Å². The molecule has 4 atom stereocenters. The molecule has 1 fully saturated rings. The lowest BCUT2D eigenvalue weighted by Crippen LogP contribution is -2.50. The minimum atomic E-state index is -4.21. The predicted molar refractivity (Wildman–Crippen MR) is 78.1 cm³/mol. The summed E-state index contributed by atoms with van der Waals surface area (Å²) in [6.07, 6.45) is -2.14. The van der Waals surface area contributed by atoms with Gasteiger partial charge in [-0.2, -0.15) is 13.2 Å². The number of nitrogens with one attached hydrogen (secondary N) is 1. The van der Waals surface area contributed by atoms with Crippen molar-refractivity contribution in [2.45, 2.75) is 45.8 Å². The topological polar surface area (TPSA) is 35.5 Å². The molecule has 1 saturated carbocycles. The van der Waals surface area contributed by atoms with Crippen molar-refractivity contribution in [3.8, 4) is 0 Å². The molecule has 2 N–H and O–H groups in total. The van der Waals surface area contributed by atoms with Crippen molar-refractivity contribution in [2.75, 3.05) is 32.8 Å². The molecule has 4 unspecified atom stereocenters. The van der Waals surface area contributed by atoms with Crippen LogP contribution < -0.4 is 5.32 Å². The number of rotatable bonds is 7. The SMILES string of the molecule is CCNC1CC(C)CC(C)C1CN(CCO)CC(F)(F)F. The first-order valence-corrected chi connectivity index (χ1v) is 7.90. The maximum atomic E-state index is 12.6. The molecule has 0 spiro atoms. The van der Waals surface area contributed by atoms with Crippen LogP contribution in [-0.4, -0.2) is 55.0 Å². The van der Waals surface area contributed by atoms with Crippen molar-refractivity contribution in [3.63, 3.8) is 0 Å². The number of hydrogen-bond donors (Lipinski definition) is 2. The standard InChI is InChI=1S/C15H29F3N2O/c1-4-19-14-8-11(2)7-12(3)13(14)9-20(5-6-21)10-15(16,17)18/h11-14,19,21H,4-10H2,1-3H3. The van der Waals surface area contributed by atoms with E-state index in [1.165, 1.54) is 4.90 Å². The molecule has 126 valence electrons. The van der Waals surface area contributed by atoms with E-state index in [1.54, 1.807) is 0 Å². The second-order valence-electron chi connectivity index (χ2n) is 6.46. The van der Waals surface area contributed by atoms with Crippen molar-refractivity contribution in [1.29, 1.82) is 0 Å². The molecule has 3 nitrogen and oxygen atoms in total. The van der Waals surface area contributed by atoms with Gasteiger partial charge in [-0.25, -0.2) is 0 Å². The molecule has 0 saturated heterocycles. The molecule has 0 bridgehead atoms. The number of nitrogens with zero attached hydrogens (tertiary/aromatic N) is 1. The summed E-state index contributed by atoms with van der Waals surface area (Å²) < 4.78 is 37.9. The van der Waals surface area contributed by atoms with E-state index in [9.17, 15) is 13.2 Å². The third-order valence-electron chi connectivity index (χ3n) is 4.43. The van der Waals surface area contributed by atoms with Gasteiger partial charge >= 0.3 is 6.18 Å². The Morgan fingerprint density at radius 3 is 2.43 bits per heavy atom. The molecule has 1 aliphatic rings. The fourth-order valence-corrected chi connectivity index (χ4v) is 3.64. The van der Waals surface area contributed by atoms with Crippen LogP contribution in [0.4, 0.5) is 13.2 Å². The van der Waals surface area contributed by atoms with E-state index in [4.69, 9.17) is 5.11 Å². The summed E-state index contributed by atoms with van der Waals surface area (Å²) in [7, 11) is 0. The molecule has 0 radical (unpaired) electrons. The van der Waals surface area contributed by atoms with E-state index in [1.807, 2.05) is 6.92 Å². The quantitative estimate of drug-likeness (QED) is 0.758. The summed E-state index contributed by atoms with van der Waals surface area (Å²) in [5.74, 6) is 1.21. The minimum Gasteiger partial charge on any atom is -0.395 e. The highest BCUT2D eigenvalue weighted by Crippen LogP contribution is 2.34. The third-order valence-corrected chi connectivity index (χ3v) is 4.43. The van der Waals surface area contributed by atoms with E-state index >= 15 is 0 Å². The third kappa shape index (κ3) is 6.53. The lowest BCUT2D eigenvalue weighted by molar-refractivity contribution is -0.149. The van der Waals surface area contributed by atoms with Gasteiger partial charge in [0.05, 0.1) is 13.2 Å². The lowest BCUT2D eigenvalue weighted by atomic mass is 9.72. The Morgan fingerprint density at radius 1 is 1.24 bits per heavy atom. The molecule has 0 aromatic heterocycles. The van der Waals surface area contributed by atoms with Gasteiger partial charge in [0.1, 0.15) is 0 Å². The zero-order valence-electron chi connectivity index (χ0n) is 13.3. The van der Waals surface area contributed by atoms with Gasteiger partial charge in [-0.1, -0.05) is 20.8 Å². The maximum absolute atomic E-state index is 12.6. The van der Waals surface area contributed by atoms with Crippen molar-refractivity contribution < 1.29 is 18.3 Å². The van der Waals surface area contributed by atoms with Crippen molar-refractivity contribution in [2.24, 2.45) is 17.8 Å². The Hall–Kier alpha value is -0.330. The Labute approximate surface area is 125 Å². The fraction of sp³-hybridized carbons (Fsp3) is 1.00. The van der Waals surface area contributed by atoms with Gasteiger partial charge in [0.25, 0.3) is 0 Å². The van der Waals surface area contributed by atoms with Crippen LogP contribution in [0.5, 0.6) is 0 Å². The number of aliphatic hydroxyl groups excluding tert-OH is 1.